The minimum atomic E-state index is -0.944. The summed E-state index contributed by atoms with van der Waals surface area (Å²) in [7, 11) is 0. The standard InChI is InChI=1S/C15H15NO3S2/c17-12(8-9-4-3-7-20-9)16-14-13(15(18)19)10-5-1-2-6-11(10)21-14/h3-4,7H,1-2,5-6,8H2,(H,16,17)(H,18,19). The molecule has 0 spiro atoms. The largest absolute Gasteiger partial charge is 0.478 e. The highest BCUT2D eigenvalue weighted by Crippen LogP contribution is 2.38. The maximum Gasteiger partial charge on any atom is 0.339 e. The molecule has 0 aliphatic heterocycles. The first-order valence-corrected chi connectivity index (χ1v) is 8.55. The van der Waals surface area contributed by atoms with Gasteiger partial charge in [-0.25, -0.2) is 4.79 Å². The molecule has 21 heavy (non-hydrogen) atoms. The Morgan fingerprint density at radius 3 is 2.81 bits per heavy atom. The van der Waals surface area contributed by atoms with E-state index in [4.69, 9.17) is 0 Å². The van der Waals surface area contributed by atoms with E-state index < -0.39 is 5.97 Å². The van der Waals surface area contributed by atoms with Gasteiger partial charge in [-0.3, -0.25) is 4.79 Å². The number of amides is 1. The fourth-order valence-corrected chi connectivity index (χ4v) is 4.62. The highest BCUT2D eigenvalue weighted by molar-refractivity contribution is 7.17. The average molecular weight is 321 g/mol. The molecular formula is C15H15NO3S2. The summed E-state index contributed by atoms with van der Waals surface area (Å²) in [6.45, 7) is 0. The summed E-state index contributed by atoms with van der Waals surface area (Å²) in [6.07, 6.45) is 4.12. The predicted molar refractivity (Wildman–Crippen MR) is 84.6 cm³/mol. The van der Waals surface area contributed by atoms with E-state index in [0.717, 1.165) is 41.0 Å². The Labute approximate surface area is 130 Å². The quantitative estimate of drug-likeness (QED) is 0.904. The fraction of sp³-hybridized carbons (Fsp3) is 0.333. The van der Waals surface area contributed by atoms with Crippen LogP contribution < -0.4 is 5.32 Å². The summed E-state index contributed by atoms with van der Waals surface area (Å²) in [5.74, 6) is -1.10. The predicted octanol–water partition coefficient (Wildman–Crippen LogP) is 3.57. The van der Waals surface area contributed by atoms with Crippen LogP contribution in [0.5, 0.6) is 0 Å². The smallest absolute Gasteiger partial charge is 0.339 e. The van der Waals surface area contributed by atoms with Crippen molar-refractivity contribution in [3.05, 3.63) is 38.4 Å². The number of carboxylic acid groups (broad SMARTS) is 1. The van der Waals surface area contributed by atoms with Crippen molar-refractivity contribution in [2.45, 2.75) is 32.1 Å². The van der Waals surface area contributed by atoms with Gasteiger partial charge in [0.25, 0.3) is 0 Å². The summed E-state index contributed by atoms with van der Waals surface area (Å²) < 4.78 is 0. The number of aromatic carboxylic acids is 1. The molecule has 1 amide bonds. The van der Waals surface area contributed by atoms with E-state index in [2.05, 4.69) is 5.32 Å². The summed E-state index contributed by atoms with van der Waals surface area (Å²) in [5.41, 5.74) is 1.22. The van der Waals surface area contributed by atoms with Gasteiger partial charge in [0, 0.05) is 9.75 Å². The van der Waals surface area contributed by atoms with Crippen molar-refractivity contribution in [1.29, 1.82) is 0 Å². The van der Waals surface area contributed by atoms with Crippen molar-refractivity contribution in [3.8, 4) is 0 Å². The van der Waals surface area contributed by atoms with Gasteiger partial charge in [0.2, 0.25) is 5.91 Å². The lowest BCUT2D eigenvalue weighted by Crippen LogP contribution is -2.15. The molecule has 0 radical (unpaired) electrons. The third-order valence-electron chi connectivity index (χ3n) is 3.55. The Balaban J connectivity index is 1.83. The molecule has 4 nitrogen and oxygen atoms in total. The van der Waals surface area contributed by atoms with E-state index in [1.165, 1.54) is 22.7 Å². The molecule has 110 valence electrons. The minimum Gasteiger partial charge on any atom is -0.478 e. The van der Waals surface area contributed by atoms with Crippen LogP contribution in [0.25, 0.3) is 0 Å². The minimum absolute atomic E-state index is 0.154. The van der Waals surface area contributed by atoms with E-state index in [-0.39, 0.29) is 5.91 Å². The Hall–Kier alpha value is -1.66. The Morgan fingerprint density at radius 1 is 1.29 bits per heavy atom. The van der Waals surface area contributed by atoms with Crippen molar-refractivity contribution in [1.82, 2.24) is 0 Å². The molecule has 1 aliphatic rings. The molecule has 6 heteroatoms. The fourth-order valence-electron chi connectivity index (χ4n) is 2.62. The van der Waals surface area contributed by atoms with Crippen LogP contribution in [0.4, 0.5) is 5.00 Å². The van der Waals surface area contributed by atoms with Gasteiger partial charge >= 0.3 is 5.97 Å². The van der Waals surface area contributed by atoms with E-state index in [1.54, 1.807) is 0 Å². The normalized spacial score (nSPS) is 13.7. The second-order valence-electron chi connectivity index (χ2n) is 5.02. The second kappa shape index (κ2) is 5.99. The van der Waals surface area contributed by atoms with Crippen molar-refractivity contribution in [3.63, 3.8) is 0 Å². The first-order valence-electron chi connectivity index (χ1n) is 6.85. The van der Waals surface area contributed by atoms with E-state index in [0.29, 0.717) is 17.0 Å². The number of hydrogen-bond donors (Lipinski definition) is 2. The lowest BCUT2D eigenvalue weighted by Gasteiger charge is -2.10. The lowest BCUT2D eigenvalue weighted by atomic mass is 9.95. The maximum atomic E-state index is 12.1. The first kappa shape index (κ1) is 14.3. The van der Waals surface area contributed by atoms with Gasteiger partial charge in [0.15, 0.2) is 0 Å². The number of hydrogen-bond acceptors (Lipinski definition) is 4. The first-order chi connectivity index (χ1) is 10.1. The van der Waals surface area contributed by atoms with Gasteiger partial charge in [-0.2, -0.15) is 0 Å². The van der Waals surface area contributed by atoms with E-state index in [9.17, 15) is 14.7 Å². The zero-order chi connectivity index (χ0) is 14.8. The molecule has 2 N–H and O–H groups in total. The second-order valence-corrected chi connectivity index (χ2v) is 7.16. The van der Waals surface area contributed by atoms with Gasteiger partial charge in [-0.05, 0) is 42.7 Å². The van der Waals surface area contributed by atoms with Crippen molar-refractivity contribution in [2.75, 3.05) is 5.32 Å². The average Bonchev–Trinajstić information content (AvgIpc) is 3.04. The van der Waals surface area contributed by atoms with Crippen LogP contribution in [0.2, 0.25) is 0 Å². The van der Waals surface area contributed by atoms with Crippen LogP contribution in [0.15, 0.2) is 17.5 Å². The summed E-state index contributed by atoms with van der Waals surface area (Å²) in [5, 5.41) is 14.7. The summed E-state index contributed by atoms with van der Waals surface area (Å²) >= 11 is 2.95. The SMILES string of the molecule is O=C(Cc1cccs1)Nc1sc2c(c1C(=O)O)CCCC2. The molecular weight excluding hydrogens is 306 g/mol. The number of carbonyl (C=O) groups is 2. The molecule has 0 unspecified atom stereocenters. The number of anilines is 1. The zero-order valence-corrected chi connectivity index (χ0v) is 13.0. The highest BCUT2D eigenvalue weighted by atomic mass is 32.1. The highest BCUT2D eigenvalue weighted by Gasteiger charge is 2.25. The molecule has 3 rings (SSSR count). The molecule has 0 atom stereocenters. The third kappa shape index (κ3) is 3.01. The van der Waals surface area contributed by atoms with Crippen LogP contribution in [0.3, 0.4) is 0 Å². The van der Waals surface area contributed by atoms with Crippen LogP contribution in [-0.2, 0) is 24.1 Å². The number of aryl methyl sites for hydroxylation is 1. The lowest BCUT2D eigenvalue weighted by molar-refractivity contribution is -0.115. The van der Waals surface area contributed by atoms with Crippen LogP contribution in [0.1, 0.15) is 38.5 Å². The molecule has 0 fully saturated rings. The number of fused-ring (bicyclic) bond motifs is 1. The molecule has 0 saturated heterocycles. The summed E-state index contributed by atoms with van der Waals surface area (Å²) in [6, 6.07) is 3.81. The van der Waals surface area contributed by atoms with Gasteiger partial charge in [0.1, 0.15) is 5.00 Å². The Morgan fingerprint density at radius 2 is 2.10 bits per heavy atom. The number of nitrogens with one attached hydrogen (secondary N) is 1. The van der Waals surface area contributed by atoms with Crippen molar-refractivity contribution < 1.29 is 14.7 Å². The molecule has 2 heterocycles. The topological polar surface area (TPSA) is 66.4 Å². The van der Waals surface area contributed by atoms with Gasteiger partial charge in [-0.15, -0.1) is 22.7 Å². The molecule has 2 aromatic rings. The van der Waals surface area contributed by atoms with Gasteiger partial charge in [0.05, 0.1) is 12.0 Å². The Kier molecular flexibility index (Phi) is 4.07. The van der Waals surface area contributed by atoms with Crippen LogP contribution in [-0.4, -0.2) is 17.0 Å². The monoisotopic (exact) mass is 321 g/mol. The zero-order valence-electron chi connectivity index (χ0n) is 11.3. The van der Waals surface area contributed by atoms with E-state index in [1.807, 2.05) is 17.5 Å². The Bertz CT molecular complexity index is 673. The van der Waals surface area contributed by atoms with Gasteiger partial charge in [-0.1, -0.05) is 6.07 Å². The van der Waals surface area contributed by atoms with Crippen LogP contribution in [0, 0.1) is 0 Å². The third-order valence-corrected chi connectivity index (χ3v) is 5.64. The molecule has 1 aliphatic carbocycles. The molecule has 0 saturated carbocycles. The molecule has 0 aromatic carbocycles. The van der Waals surface area contributed by atoms with Crippen molar-refractivity contribution >= 4 is 39.6 Å². The number of rotatable bonds is 4. The summed E-state index contributed by atoms with van der Waals surface area (Å²) in [4.78, 5) is 25.7. The molecule has 0 bridgehead atoms. The maximum absolute atomic E-state index is 12.1. The van der Waals surface area contributed by atoms with Crippen molar-refractivity contribution in [2.24, 2.45) is 0 Å². The number of thiophene rings is 2. The van der Waals surface area contributed by atoms with Gasteiger partial charge < -0.3 is 10.4 Å². The molecule has 2 aromatic heterocycles. The van der Waals surface area contributed by atoms with E-state index >= 15 is 0 Å². The van der Waals surface area contributed by atoms with Crippen LogP contribution >= 0.6 is 22.7 Å². The number of carbonyl (C=O) groups excluding carboxylic acids is 1. The number of carboxylic acids is 1.